The molecule has 0 saturated carbocycles. The number of rotatable bonds is 6. The minimum Gasteiger partial charge on any atom is -0.395 e. The highest BCUT2D eigenvalue weighted by molar-refractivity contribution is 5.81. The van der Waals surface area contributed by atoms with Crippen molar-refractivity contribution in [2.75, 3.05) is 49.3 Å². The molecule has 0 aliphatic carbocycles. The van der Waals surface area contributed by atoms with Gasteiger partial charge in [0.25, 0.3) is 0 Å². The predicted molar refractivity (Wildman–Crippen MR) is 121 cm³/mol. The third kappa shape index (κ3) is 3.18. The lowest BCUT2D eigenvalue weighted by Gasteiger charge is -2.31. The van der Waals surface area contributed by atoms with Crippen LogP contribution in [0.5, 0.6) is 0 Å². The lowest BCUT2D eigenvalue weighted by molar-refractivity contribution is 0.290. The molecule has 7 heteroatoms. The quantitative estimate of drug-likeness (QED) is 0.528. The molecule has 158 valence electrons. The summed E-state index contributed by atoms with van der Waals surface area (Å²) in [6.45, 7) is 1.40. The number of fused-ring (bicyclic) bond motifs is 4. The zero-order chi connectivity index (χ0) is 21.4. The standard InChI is InChI=1S/C24H25N4O3/c29-12-9-26-19-6-2-1-5-17(19)25-18-15-23-24(16-22(18)26)28(11-14-31)21-8-4-3-7-20(21)27(23)10-13-30/h1-8,15-16,29-31H,9-14H2/q+1. The Bertz CT molecular complexity index is 1260. The summed E-state index contributed by atoms with van der Waals surface area (Å²) in [4.78, 5) is 9.08. The topological polar surface area (TPSA) is 82.5 Å². The molecule has 31 heavy (non-hydrogen) atoms. The molecule has 0 aromatic heterocycles. The average molecular weight is 417 g/mol. The van der Waals surface area contributed by atoms with Gasteiger partial charge in [0, 0.05) is 25.2 Å². The Morgan fingerprint density at radius 1 is 0.710 bits per heavy atom. The molecule has 7 nitrogen and oxygen atoms in total. The van der Waals surface area contributed by atoms with Crippen LogP contribution in [0.4, 0.5) is 34.1 Å². The number of benzene rings is 3. The number of hydrogen-bond donors (Lipinski definition) is 3. The predicted octanol–water partition coefficient (Wildman–Crippen LogP) is 1.34. The van der Waals surface area contributed by atoms with Crippen LogP contribution < -0.4 is 25.1 Å². The Labute approximate surface area is 180 Å². The van der Waals surface area contributed by atoms with E-state index in [0.717, 1.165) is 44.8 Å². The molecule has 5 rings (SSSR count). The second-order valence-electron chi connectivity index (χ2n) is 7.54. The van der Waals surface area contributed by atoms with Crippen LogP contribution in [0.3, 0.4) is 0 Å². The van der Waals surface area contributed by atoms with Gasteiger partial charge in [0.1, 0.15) is 18.0 Å². The number of aliphatic hydroxyl groups excluding tert-OH is 3. The highest BCUT2D eigenvalue weighted by Crippen LogP contribution is 2.38. The number of anilines is 4. The summed E-state index contributed by atoms with van der Waals surface area (Å²) in [5.41, 5.74) is 5.65. The third-order valence-corrected chi connectivity index (χ3v) is 5.79. The second-order valence-corrected chi connectivity index (χ2v) is 7.54. The summed E-state index contributed by atoms with van der Waals surface area (Å²) in [5.74, 6) is 0. The van der Waals surface area contributed by atoms with Crippen molar-refractivity contribution < 1.29 is 15.3 Å². The van der Waals surface area contributed by atoms with Crippen molar-refractivity contribution in [1.82, 2.24) is 4.58 Å². The van der Waals surface area contributed by atoms with Crippen molar-refractivity contribution in [2.24, 2.45) is 4.99 Å². The highest BCUT2D eigenvalue weighted by Gasteiger charge is 2.31. The van der Waals surface area contributed by atoms with Crippen LogP contribution in [0, 0.1) is 0 Å². The number of aliphatic hydroxyl groups is 3. The van der Waals surface area contributed by atoms with Crippen LogP contribution in [-0.2, 0) is 0 Å². The highest BCUT2D eigenvalue weighted by atomic mass is 16.3. The Morgan fingerprint density at radius 2 is 1.39 bits per heavy atom. The van der Waals surface area contributed by atoms with Gasteiger partial charge in [0.15, 0.2) is 6.54 Å². The molecular formula is C24H25N4O3+. The molecule has 3 aromatic rings. The number of β-amino-alcohol motifs (C(OH)–C–C–N with tert-alkyl or cyclic N) is 3. The van der Waals surface area contributed by atoms with Crippen molar-refractivity contribution in [3.8, 4) is 0 Å². The Balaban J connectivity index is 1.85. The smallest absolute Gasteiger partial charge is 0.232 e. The third-order valence-electron chi connectivity index (χ3n) is 5.79. The van der Waals surface area contributed by atoms with Gasteiger partial charge in [-0.2, -0.15) is 4.58 Å². The van der Waals surface area contributed by atoms with E-state index < -0.39 is 0 Å². The number of hydrogen-bond acceptors (Lipinski definition) is 6. The molecular weight excluding hydrogens is 392 g/mol. The summed E-state index contributed by atoms with van der Waals surface area (Å²) in [6.07, 6.45) is 0. The summed E-state index contributed by atoms with van der Waals surface area (Å²) >= 11 is 0. The molecule has 0 atom stereocenters. The first-order valence-electron chi connectivity index (χ1n) is 10.5. The molecule has 2 aliphatic heterocycles. The van der Waals surface area contributed by atoms with Crippen molar-refractivity contribution in [3.05, 3.63) is 71.4 Å². The van der Waals surface area contributed by atoms with Crippen LogP contribution in [0.1, 0.15) is 0 Å². The summed E-state index contributed by atoms with van der Waals surface area (Å²) in [6, 6.07) is 20.1. The Hall–Kier alpha value is -3.26. The number of para-hydroxylation sites is 4. The molecule has 0 fully saturated rings. The van der Waals surface area contributed by atoms with E-state index >= 15 is 0 Å². The van der Waals surface area contributed by atoms with Gasteiger partial charge in [-0.15, -0.1) is 0 Å². The molecule has 0 amide bonds. The molecule has 0 unspecified atom stereocenters. The van der Waals surface area contributed by atoms with Gasteiger partial charge in [-0.1, -0.05) is 24.3 Å². The normalized spacial score (nSPS) is 13.8. The van der Waals surface area contributed by atoms with Gasteiger partial charge in [-0.3, -0.25) is 0 Å². The summed E-state index contributed by atoms with van der Waals surface area (Å²) < 4.78 is 2.11. The van der Waals surface area contributed by atoms with Crippen molar-refractivity contribution >= 4 is 34.1 Å². The first-order chi connectivity index (χ1) is 15.3. The van der Waals surface area contributed by atoms with Gasteiger partial charge < -0.3 is 25.1 Å². The van der Waals surface area contributed by atoms with E-state index in [1.54, 1.807) is 0 Å². The molecule has 2 heterocycles. The van der Waals surface area contributed by atoms with E-state index in [0.29, 0.717) is 19.6 Å². The maximum atomic E-state index is 9.79. The van der Waals surface area contributed by atoms with Crippen LogP contribution in [0.25, 0.3) is 0 Å². The minimum absolute atomic E-state index is 0.0123. The maximum Gasteiger partial charge on any atom is 0.232 e. The zero-order valence-electron chi connectivity index (χ0n) is 17.1. The van der Waals surface area contributed by atoms with Crippen molar-refractivity contribution in [2.45, 2.75) is 0 Å². The van der Waals surface area contributed by atoms with Crippen molar-refractivity contribution in [3.63, 3.8) is 0 Å². The average Bonchev–Trinajstić information content (AvgIpc) is 2.80. The lowest BCUT2D eigenvalue weighted by Crippen LogP contribution is -2.42. The van der Waals surface area contributed by atoms with Gasteiger partial charge in [0.05, 0.1) is 35.6 Å². The zero-order valence-corrected chi connectivity index (χ0v) is 17.1. The van der Waals surface area contributed by atoms with Gasteiger partial charge in [0.2, 0.25) is 11.0 Å². The van der Waals surface area contributed by atoms with E-state index in [4.69, 9.17) is 4.99 Å². The van der Waals surface area contributed by atoms with E-state index in [2.05, 4.69) is 20.4 Å². The minimum atomic E-state index is 0.0123. The lowest BCUT2D eigenvalue weighted by atomic mass is 10.1. The van der Waals surface area contributed by atoms with E-state index in [-0.39, 0.29) is 19.8 Å². The van der Waals surface area contributed by atoms with Crippen LogP contribution in [0.2, 0.25) is 0 Å². The maximum absolute atomic E-state index is 9.79. The first-order valence-corrected chi connectivity index (χ1v) is 10.5. The molecule has 0 bridgehead atoms. The van der Waals surface area contributed by atoms with E-state index in [9.17, 15) is 15.3 Å². The van der Waals surface area contributed by atoms with Crippen molar-refractivity contribution in [1.29, 1.82) is 0 Å². The largest absolute Gasteiger partial charge is 0.395 e. The molecule has 2 aliphatic rings. The van der Waals surface area contributed by atoms with Gasteiger partial charge >= 0.3 is 0 Å². The Kier molecular flexibility index (Phi) is 5.15. The van der Waals surface area contributed by atoms with Crippen LogP contribution in [0.15, 0.2) is 65.7 Å². The van der Waals surface area contributed by atoms with Crippen LogP contribution >= 0.6 is 0 Å². The fraction of sp³-hybridized carbons (Fsp3) is 0.250. The monoisotopic (exact) mass is 417 g/mol. The summed E-state index contributed by atoms with van der Waals surface area (Å²) in [5, 5.41) is 31.0. The molecule has 0 radical (unpaired) electrons. The Morgan fingerprint density at radius 3 is 2.13 bits per heavy atom. The molecule has 0 spiro atoms. The fourth-order valence-corrected chi connectivity index (χ4v) is 4.54. The number of nitrogens with zero attached hydrogens (tertiary/aromatic N) is 4. The molecule has 3 aromatic carbocycles. The second kappa shape index (κ2) is 8.11. The molecule has 3 N–H and O–H groups in total. The fourth-order valence-electron chi connectivity index (χ4n) is 4.54. The van der Waals surface area contributed by atoms with Gasteiger partial charge in [-0.05, 0) is 24.3 Å². The van der Waals surface area contributed by atoms with E-state index in [1.165, 1.54) is 0 Å². The molecule has 0 saturated heterocycles. The van der Waals surface area contributed by atoms with E-state index in [1.807, 2.05) is 54.6 Å². The SMILES string of the molecule is OCCN1c2ccccc2N=c2cc3c(cc21)=[N+](CCO)c1ccccc1N3CCO. The first kappa shape index (κ1) is 19.7. The van der Waals surface area contributed by atoms with Gasteiger partial charge in [-0.25, -0.2) is 4.99 Å². The summed E-state index contributed by atoms with van der Waals surface area (Å²) in [7, 11) is 0. The van der Waals surface area contributed by atoms with Crippen LogP contribution in [-0.4, -0.2) is 54.8 Å².